The van der Waals surface area contributed by atoms with Gasteiger partial charge in [-0.15, -0.1) is 0 Å². The Hall–Kier alpha value is -2.75. The Bertz CT molecular complexity index is 824. The van der Waals surface area contributed by atoms with Gasteiger partial charge in [0.1, 0.15) is 0 Å². The molecule has 0 aliphatic carbocycles. The van der Waals surface area contributed by atoms with Crippen molar-refractivity contribution in [1.82, 2.24) is 5.32 Å². The number of carbonyl (C=O) groups is 1. The molecule has 1 atom stereocenters. The van der Waals surface area contributed by atoms with Gasteiger partial charge in [0.25, 0.3) is 5.91 Å². The highest BCUT2D eigenvalue weighted by Crippen LogP contribution is 2.33. The zero-order valence-electron chi connectivity index (χ0n) is 16.3. The Labute approximate surface area is 155 Å². The molecule has 0 aliphatic heterocycles. The van der Waals surface area contributed by atoms with Gasteiger partial charge in [0, 0.05) is 11.1 Å². The third-order valence-corrected chi connectivity index (χ3v) is 4.36. The minimum absolute atomic E-state index is 0.0966. The molecule has 0 spiro atoms. The van der Waals surface area contributed by atoms with Gasteiger partial charge in [-0.1, -0.05) is 35.9 Å². The number of allylic oxidation sites excluding steroid dienone is 1. The van der Waals surface area contributed by atoms with Crippen LogP contribution in [0.15, 0.2) is 36.4 Å². The summed E-state index contributed by atoms with van der Waals surface area (Å²) in [6.45, 7) is 8.02. The predicted octanol–water partition coefficient (Wildman–Crippen LogP) is 4.84. The van der Waals surface area contributed by atoms with Crippen LogP contribution < -0.4 is 14.8 Å². The number of benzene rings is 2. The molecule has 0 saturated carbocycles. The van der Waals surface area contributed by atoms with Gasteiger partial charge in [0.2, 0.25) is 0 Å². The Kier molecular flexibility index (Phi) is 6.45. The van der Waals surface area contributed by atoms with Crippen LogP contribution in [0, 0.1) is 13.8 Å². The van der Waals surface area contributed by atoms with Crippen LogP contribution in [0.5, 0.6) is 11.5 Å². The second-order valence-electron chi connectivity index (χ2n) is 6.36. The molecule has 0 aliphatic rings. The summed E-state index contributed by atoms with van der Waals surface area (Å²) in [6, 6.07) is 9.68. The van der Waals surface area contributed by atoms with E-state index < -0.39 is 0 Å². The van der Waals surface area contributed by atoms with Crippen LogP contribution in [-0.4, -0.2) is 20.1 Å². The molecule has 1 unspecified atom stereocenters. The highest BCUT2D eigenvalue weighted by molar-refractivity contribution is 5.96. The molecule has 2 aromatic rings. The molecule has 138 valence electrons. The van der Waals surface area contributed by atoms with Crippen LogP contribution in [0.2, 0.25) is 0 Å². The third kappa shape index (κ3) is 4.26. The summed E-state index contributed by atoms with van der Waals surface area (Å²) >= 11 is 0. The summed E-state index contributed by atoms with van der Waals surface area (Å²) in [4.78, 5) is 12.8. The molecule has 0 radical (unpaired) electrons. The number of nitrogens with one attached hydrogen (secondary N) is 1. The summed E-state index contributed by atoms with van der Waals surface area (Å²) in [6.07, 6.45) is 3.80. The average molecular weight is 353 g/mol. The van der Waals surface area contributed by atoms with Gasteiger partial charge in [-0.3, -0.25) is 4.79 Å². The summed E-state index contributed by atoms with van der Waals surface area (Å²) in [5.41, 5.74) is 4.79. The summed E-state index contributed by atoms with van der Waals surface area (Å²) < 4.78 is 10.8. The number of hydrogen-bond donors (Lipinski definition) is 1. The molecule has 0 heterocycles. The molecule has 0 saturated heterocycles. The highest BCUT2D eigenvalue weighted by Gasteiger charge is 2.17. The maximum Gasteiger partial charge on any atom is 0.251 e. The van der Waals surface area contributed by atoms with Crippen LogP contribution in [-0.2, 0) is 0 Å². The van der Waals surface area contributed by atoms with Crippen LogP contribution in [0.1, 0.15) is 52.5 Å². The molecule has 4 heteroatoms. The molecule has 0 bridgehead atoms. The number of ether oxygens (including phenoxy) is 2. The Morgan fingerprint density at radius 2 is 1.85 bits per heavy atom. The molecule has 2 rings (SSSR count). The van der Waals surface area contributed by atoms with Gasteiger partial charge in [-0.05, 0) is 51.0 Å². The van der Waals surface area contributed by atoms with E-state index in [1.165, 1.54) is 5.56 Å². The number of rotatable bonds is 6. The molecule has 2 aromatic carbocycles. The molecule has 1 N–H and O–H groups in total. The van der Waals surface area contributed by atoms with Gasteiger partial charge in [-0.2, -0.15) is 0 Å². The van der Waals surface area contributed by atoms with Crippen LogP contribution >= 0.6 is 0 Å². The minimum Gasteiger partial charge on any atom is -0.493 e. The first-order valence-electron chi connectivity index (χ1n) is 8.68. The number of carbonyl (C=O) groups excluding carboxylic acids is 1. The predicted molar refractivity (Wildman–Crippen MR) is 106 cm³/mol. The molecule has 26 heavy (non-hydrogen) atoms. The fraction of sp³-hybridized carbons (Fsp3) is 0.318. The number of amides is 1. The van der Waals surface area contributed by atoms with E-state index in [0.717, 1.165) is 16.7 Å². The number of methoxy groups -OCH3 is 2. The lowest BCUT2D eigenvalue weighted by Gasteiger charge is -2.18. The Balaban J connectivity index is 2.34. The topological polar surface area (TPSA) is 47.6 Å². The quantitative estimate of drug-likeness (QED) is 0.808. The van der Waals surface area contributed by atoms with Crippen LogP contribution in [0.3, 0.4) is 0 Å². The van der Waals surface area contributed by atoms with Crippen molar-refractivity contribution in [3.8, 4) is 11.5 Å². The van der Waals surface area contributed by atoms with Gasteiger partial charge in [0.05, 0.1) is 20.3 Å². The Morgan fingerprint density at radius 3 is 2.46 bits per heavy atom. The molecular weight excluding hydrogens is 326 g/mol. The summed E-state index contributed by atoms with van der Waals surface area (Å²) in [5.74, 6) is 1.00. The van der Waals surface area contributed by atoms with Crippen molar-refractivity contribution in [2.45, 2.75) is 33.7 Å². The molecule has 0 fully saturated rings. The van der Waals surface area contributed by atoms with E-state index in [9.17, 15) is 4.79 Å². The molecule has 1 amide bonds. The van der Waals surface area contributed by atoms with E-state index in [0.29, 0.717) is 17.1 Å². The molecular formula is C22H27NO3. The zero-order valence-corrected chi connectivity index (χ0v) is 16.3. The SMILES string of the molecule is C/C=C/c1cc(C(=O)NC(C)c2cc(C)ccc2C)cc(OC)c1OC. The molecule has 4 nitrogen and oxygen atoms in total. The van der Waals surface area contributed by atoms with Crippen LogP contribution in [0.25, 0.3) is 6.08 Å². The lowest BCUT2D eigenvalue weighted by molar-refractivity contribution is 0.0939. The largest absolute Gasteiger partial charge is 0.493 e. The van der Waals surface area contributed by atoms with E-state index in [2.05, 4.69) is 37.4 Å². The van der Waals surface area contributed by atoms with E-state index in [-0.39, 0.29) is 11.9 Å². The van der Waals surface area contributed by atoms with E-state index in [4.69, 9.17) is 9.47 Å². The first-order chi connectivity index (χ1) is 12.4. The van der Waals surface area contributed by atoms with E-state index in [1.807, 2.05) is 32.1 Å². The zero-order chi connectivity index (χ0) is 19.3. The minimum atomic E-state index is -0.148. The Morgan fingerprint density at radius 1 is 1.12 bits per heavy atom. The van der Waals surface area contributed by atoms with Crippen LogP contribution in [0.4, 0.5) is 0 Å². The van der Waals surface area contributed by atoms with Crippen molar-refractivity contribution in [3.63, 3.8) is 0 Å². The van der Waals surface area contributed by atoms with Crippen molar-refractivity contribution in [3.05, 3.63) is 64.2 Å². The van der Waals surface area contributed by atoms with Gasteiger partial charge in [-0.25, -0.2) is 0 Å². The summed E-state index contributed by atoms with van der Waals surface area (Å²) in [7, 11) is 3.16. The second-order valence-corrected chi connectivity index (χ2v) is 6.36. The summed E-state index contributed by atoms with van der Waals surface area (Å²) in [5, 5.41) is 3.08. The van der Waals surface area contributed by atoms with Crippen molar-refractivity contribution in [2.24, 2.45) is 0 Å². The first-order valence-corrected chi connectivity index (χ1v) is 8.68. The number of aryl methyl sites for hydroxylation is 2. The third-order valence-electron chi connectivity index (χ3n) is 4.36. The second kappa shape index (κ2) is 8.56. The maximum atomic E-state index is 12.8. The number of hydrogen-bond acceptors (Lipinski definition) is 3. The van der Waals surface area contributed by atoms with Crippen molar-refractivity contribution < 1.29 is 14.3 Å². The van der Waals surface area contributed by atoms with E-state index in [1.54, 1.807) is 20.3 Å². The van der Waals surface area contributed by atoms with E-state index >= 15 is 0 Å². The lowest BCUT2D eigenvalue weighted by Crippen LogP contribution is -2.27. The normalized spacial score (nSPS) is 12.1. The van der Waals surface area contributed by atoms with Crippen molar-refractivity contribution in [2.75, 3.05) is 14.2 Å². The lowest BCUT2D eigenvalue weighted by atomic mass is 9.99. The fourth-order valence-electron chi connectivity index (χ4n) is 3.01. The maximum absolute atomic E-state index is 12.8. The monoisotopic (exact) mass is 353 g/mol. The molecule has 0 aromatic heterocycles. The standard InChI is InChI=1S/C22H27NO3/c1-7-8-17-12-18(13-20(25-5)21(17)26-6)22(24)23-16(4)19-11-14(2)9-10-15(19)3/h7-13,16H,1-6H3,(H,23,24)/b8-7+. The fourth-order valence-corrected chi connectivity index (χ4v) is 3.01. The smallest absolute Gasteiger partial charge is 0.251 e. The highest BCUT2D eigenvalue weighted by atomic mass is 16.5. The van der Waals surface area contributed by atoms with Gasteiger partial charge >= 0.3 is 0 Å². The van der Waals surface area contributed by atoms with Crippen molar-refractivity contribution >= 4 is 12.0 Å². The van der Waals surface area contributed by atoms with Crippen molar-refractivity contribution in [1.29, 1.82) is 0 Å². The van der Waals surface area contributed by atoms with Gasteiger partial charge < -0.3 is 14.8 Å². The average Bonchev–Trinajstić information content (AvgIpc) is 2.63. The first kappa shape index (κ1) is 19.6. The van der Waals surface area contributed by atoms with Gasteiger partial charge in [0.15, 0.2) is 11.5 Å².